The number of rotatable bonds is 10. The largest absolute Gasteiger partial charge is 0.492 e. The molecule has 1 unspecified atom stereocenters. The van der Waals surface area contributed by atoms with Crippen LogP contribution in [0.1, 0.15) is 31.1 Å². The molecule has 174 valence electrons. The van der Waals surface area contributed by atoms with E-state index in [1.54, 1.807) is 44.2 Å². The highest BCUT2D eigenvalue weighted by Crippen LogP contribution is 2.37. The molecule has 0 aliphatic heterocycles. The van der Waals surface area contributed by atoms with E-state index >= 15 is 0 Å². The molecule has 0 aromatic heterocycles. The van der Waals surface area contributed by atoms with Gasteiger partial charge in [-0.2, -0.15) is 13.2 Å². The van der Waals surface area contributed by atoms with Gasteiger partial charge < -0.3 is 25.4 Å². The van der Waals surface area contributed by atoms with Gasteiger partial charge in [0.25, 0.3) is 5.91 Å². The van der Waals surface area contributed by atoms with Gasteiger partial charge in [-0.25, -0.2) is 0 Å². The van der Waals surface area contributed by atoms with Gasteiger partial charge in [-0.05, 0) is 32.9 Å². The van der Waals surface area contributed by atoms with E-state index < -0.39 is 24.7 Å². The van der Waals surface area contributed by atoms with E-state index in [2.05, 4.69) is 10.6 Å². The normalized spacial score (nSPS) is 11.9. The van der Waals surface area contributed by atoms with Crippen LogP contribution in [0.3, 0.4) is 0 Å². The maximum absolute atomic E-state index is 12.6. The molecule has 0 saturated carbocycles. The molecule has 1 atom stereocenters. The zero-order valence-corrected chi connectivity index (χ0v) is 18.0. The van der Waals surface area contributed by atoms with Gasteiger partial charge in [0.05, 0.1) is 24.6 Å². The summed E-state index contributed by atoms with van der Waals surface area (Å²) in [5.74, 6) is -0.570. The van der Waals surface area contributed by atoms with Gasteiger partial charge in [0.15, 0.2) is 0 Å². The number of ether oxygens (including phenoxy) is 2. The predicted octanol–water partition coefficient (Wildman–Crippen LogP) is 4.22. The number of hydrogen-bond acceptors (Lipinski definition) is 5. The van der Waals surface area contributed by atoms with Crippen molar-refractivity contribution in [2.75, 3.05) is 30.4 Å². The zero-order valence-electron chi connectivity index (χ0n) is 18.0. The van der Waals surface area contributed by atoms with Crippen LogP contribution in [0.2, 0.25) is 0 Å². The van der Waals surface area contributed by atoms with Gasteiger partial charge in [-0.15, -0.1) is 0 Å². The van der Waals surface area contributed by atoms with Crippen LogP contribution in [0.5, 0.6) is 11.5 Å². The molecule has 0 radical (unpaired) electrons. The lowest BCUT2D eigenvalue weighted by Crippen LogP contribution is -2.42. The van der Waals surface area contributed by atoms with Crippen molar-refractivity contribution in [2.45, 2.75) is 33.0 Å². The Balaban J connectivity index is 2.28. The summed E-state index contributed by atoms with van der Waals surface area (Å²) in [6, 6.07) is 10.7. The predicted molar refractivity (Wildman–Crippen MR) is 115 cm³/mol. The average molecular weight is 453 g/mol. The minimum Gasteiger partial charge on any atom is -0.492 e. The summed E-state index contributed by atoms with van der Waals surface area (Å²) in [6.45, 7) is 4.09. The third-order valence-electron chi connectivity index (χ3n) is 4.19. The van der Waals surface area contributed by atoms with Crippen molar-refractivity contribution in [3.05, 3.63) is 48.0 Å². The second kappa shape index (κ2) is 11.3. The van der Waals surface area contributed by atoms with E-state index in [9.17, 15) is 22.8 Å². The van der Waals surface area contributed by atoms with Crippen LogP contribution in [0.4, 0.5) is 24.5 Å². The summed E-state index contributed by atoms with van der Waals surface area (Å²) >= 11 is 0. The van der Waals surface area contributed by atoms with E-state index in [1.165, 1.54) is 19.1 Å². The highest BCUT2D eigenvalue weighted by atomic mass is 19.4. The van der Waals surface area contributed by atoms with Crippen LogP contribution in [-0.4, -0.2) is 43.8 Å². The number of hydrogen-bond donors (Lipinski definition) is 3. The smallest absolute Gasteiger partial charge is 0.405 e. The van der Waals surface area contributed by atoms with Crippen molar-refractivity contribution in [2.24, 2.45) is 0 Å². The van der Waals surface area contributed by atoms with Crippen LogP contribution in [0, 0.1) is 0 Å². The second-order valence-electron chi connectivity index (χ2n) is 6.73. The standard InChI is InChI=1S/C22H26F3N3O4/c1-4-31-18-12-17(28-21(30)15-9-7-6-8-10-15)19(32-5-2)11-16(18)27-14(3)20(29)26-13-22(23,24)25/h6-12,14,27H,4-5,13H2,1-3H3,(H,26,29)(H,28,30). The van der Waals surface area contributed by atoms with Crippen LogP contribution >= 0.6 is 0 Å². The van der Waals surface area contributed by atoms with Crippen molar-refractivity contribution in [1.29, 1.82) is 0 Å². The van der Waals surface area contributed by atoms with Gasteiger partial charge in [-0.3, -0.25) is 9.59 Å². The zero-order chi connectivity index (χ0) is 23.7. The quantitative estimate of drug-likeness (QED) is 0.502. The monoisotopic (exact) mass is 453 g/mol. The number of anilines is 2. The van der Waals surface area contributed by atoms with E-state index in [0.29, 0.717) is 35.0 Å². The minimum absolute atomic E-state index is 0.281. The lowest BCUT2D eigenvalue weighted by Gasteiger charge is -2.21. The molecule has 2 amide bonds. The second-order valence-corrected chi connectivity index (χ2v) is 6.73. The summed E-state index contributed by atoms with van der Waals surface area (Å²) in [5, 5.41) is 7.45. The minimum atomic E-state index is -4.51. The van der Waals surface area contributed by atoms with Crippen molar-refractivity contribution < 1.29 is 32.2 Å². The molecule has 2 aromatic carbocycles. The topological polar surface area (TPSA) is 88.7 Å². The molecule has 0 aliphatic rings. The number of carbonyl (C=O) groups is 2. The van der Waals surface area contributed by atoms with Crippen molar-refractivity contribution in [3.63, 3.8) is 0 Å². The third kappa shape index (κ3) is 7.36. The maximum atomic E-state index is 12.6. The molecule has 2 rings (SSSR count). The van der Waals surface area contributed by atoms with E-state index in [0.717, 1.165) is 0 Å². The Kier molecular flexibility index (Phi) is 8.74. The van der Waals surface area contributed by atoms with Crippen molar-refractivity contribution >= 4 is 23.2 Å². The number of nitrogens with one attached hydrogen (secondary N) is 3. The number of halogens is 3. The Labute approximate surface area is 184 Å². The van der Waals surface area contributed by atoms with Crippen molar-refractivity contribution in [3.8, 4) is 11.5 Å². The Bertz CT molecular complexity index is 921. The molecule has 10 heteroatoms. The first kappa shape index (κ1) is 24.8. The van der Waals surface area contributed by atoms with Gasteiger partial charge in [0.2, 0.25) is 5.91 Å². The molecule has 0 heterocycles. The fraction of sp³-hybridized carbons (Fsp3) is 0.364. The van der Waals surface area contributed by atoms with Gasteiger partial charge >= 0.3 is 6.18 Å². The molecule has 0 saturated heterocycles. The van der Waals surface area contributed by atoms with E-state index in [-0.39, 0.29) is 12.5 Å². The third-order valence-corrected chi connectivity index (χ3v) is 4.19. The lowest BCUT2D eigenvalue weighted by atomic mass is 10.1. The van der Waals surface area contributed by atoms with Gasteiger partial charge in [0, 0.05) is 17.7 Å². The number of alkyl halides is 3. The summed E-state index contributed by atoms with van der Waals surface area (Å²) in [6.07, 6.45) is -4.51. The Morgan fingerprint density at radius 2 is 1.53 bits per heavy atom. The fourth-order valence-electron chi connectivity index (χ4n) is 2.74. The number of benzene rings is 2. The van der Waals surface area contributed by atoms with Crippen LogP contribution in [0.15, 0.2) is 42.5 Å². The van der Waals surface area contributed by atoms with E-state index in [4.69, 9.17) is 9.47 Å². The maximum Gasteiger partial charge on any atom is 0.405 e. The van der Waals surface area contributed by atoms with Crippen LogP contribution in [0.25, 0.3) is 0 Å². The average Bonchev–Trinajstić information content (AvgIpc) is 2.75. The molecular formula is C22H26F3N3O4. The molecule has 32 heavy (non-hydrogen) atoms. The SMILES string of the molecule is CCOc1cc(NC(C)C(=O)NCC(F)(F)F)c(OCC)cc1NC(=O)c1ccccc1. The summed E-state index contributed by atoms with van der Waals surface area (Å²) in [5.41, 5.74) is 1.14. The molecule has 0 aliphatic carbocycles. The first-order valence-corrected chi connectivity index (χ1v) is 10.1. The molecule has 0 bridgehead atoms. The van der Waals surface area contributed by atoms with Gasteiger partial charge in [-0.1, -0.05) is 18.2 Å². The molecule has 0 spiro atoms. The lowest BCUT2D eigenvalue weighted by molar-refractivity contribution is -0.138. The summed E-state index contributed by atoms with van der Waals surface area (Å²) in [4.78, 5) is 24.6. The van der Waals surface area contributed by atoms with Crippen molar-refractivity contribution in [1.82, 2.24) is 5.32 Å². The summed E-state index contributed by atoms with van der Waals surface area (Å²) < 4.78 is 48.4. The van der Waals surface area contributed by atoms with E-state index in [1.807, 2.05) is 5.32 Å². The molecular weight excluding hydrogens is 427 g/mol. The first-order valence-electron chi connectivity index (χ1n) is 10.1. The Hall–Kier alpha value is -3.43. The number of amides is 2. The molecule has 7 nitrogen and oxygen atoms in total. The van der Waals surface area contributed by atoms with Gasteiger partial charge in [0.1, 0.15) is 24.1 Å². The highest BCUT2D eigenvalue weighted by Gasteiger charge is 2.29. The fourth-order valence-corrected chi connectivity index (χ4v) is 2.74. The molecule has 3 N–H and O–H groups in total. The molecule has 2 aromatic rings. The first-order chi connectivity index (χ1) is 15.1. The Morgan fingerprint density at radius 1 is 0.969 bits per heavy atom. The van der Waals surface area contributed by atoms with Crippen LogP contribution < -0.4 is 25.4 Å². The molecule has 0 fully saturated rings. The summed E-state index contributed by atoms with van der Waals surface area (Å²) in [7, 11) is 0. The Morgan fingerprint density at radius 3 is 2.09 bits per heavy atom. The number of carbonyl (C=O) groups excluding carboxylic acids is 2. The highest BCUT2D eigenvalue weighted by molar-refractivity contribution is 6.05. The van der Waals surface area contributed by atoms with Crippen LogP contribution in [-0.2, 0) is 4.79 Å².